The highest BCUT2D eigenvalue weighted by Crippen LogP contribution is 2.16. The van der Waals surface area contributed by atoms with Crippen molar-refractivity contribution in [3.05, 3.63) is 54.1 Å². The van der Waals surface area contributed by atoms with E-state index in [1.54, 1.807) is 7.11 Å². The first-order valence-electron chi connectivity index (χ1n) is 6.16. The van der Waals surface area contributed by atoms with Gasteiger partial charge in [0.25, 0.3) is 0 Å². The molecule has 0 aliphatic heterocycles. The Morgan fingerprint density at radius 2 is 1.90 bits per heavy atom. The number of methoxy groups -OCH3 is 1. The number of nitrogens with one attached hydrogen (secondary N) is 2. The normalized spacial score (nSPS) is 10.4. The lowest BCUT2D eigenvalue weighted by Crippen LogP contribution is -2.11. The van der Waals surface area contributed by atoms with E-state index in [9.17, 15) is 0 Å². The van der Waals surface area contributed by atoms with Gasteiger partial charge in [0.1, 0.15) is 10.7 Å². The van der Waals surface area contributed by atoms with Gasteiger partial charge >= 0.3 is 0 Å². The summed E-state index contributed by atoms with van der Waals surface area (Å²) in [6.07, 6.45) is 0. The summed E-state index contributed by atoms with van der Waals surface area (Å²) in [6.45, 7) is 0. The summed E-state index contributed by atoms with van der Waals surface area (Å²) in [5, 5.41) is 3.11. The Bertz CT molecular complexity index is 716. The van der Waals surface area contributed by atoms with Crippen molar-refractivity contribution < 1.29 is 4.74 Å². The van der Waals surface area contributed by atoms with Crippen LogP contribution in [0.1, 0.15) is 5.56 Å². The topological polar surface area (TPSA) is 49.9 Å². The molecule has 3 aromatic rings. The highest BCUT2D eigenvalue weighted by Gasteiger charge is 2.06. The Morgan fingerprint density at radius 3 is 2.60 bits per heavy atom. The van der Waals surface area contributed by atoms with Crippen molar-refractivity contribution >= 4 is 34.2 Å². The fraction of sp³-hybridized carbons (Fsp3) is 0.0667. The molecule has 0 amide bonds. The van der Waals surface area contributed by atoms with Crippen molar-refractivity contribution in [3.63, 3.8) is 0 Å². The largest absolute Gasteiger partial charge is 0.497 e. The summed E-state index contributed by atoms with van der Waals surface area (Å²) in [7, 11) is 1.64. The fourth-order valence-electron chi connectivity index (χ4n) is 1.93. The van der Waals surface area contributed by atoms with Crippen molar-refractivity contribution in [1.29, 1.82) is 0 Å². The van der Waals surface area contributed by atoms with Crippen molar-refractivity contribution in [2.45, 2.75) is 0 Å². The van der Waals surface area contributed by atoms with Gasteiger partial charge in [0.15, 0.2) is 0 Å². The average Bonchev–Trinajstić information content (AvgIpc) is 2.89. The van der Waals surface area contributed by atoms with Crippen LogP contribution < -0.4 is 10.1 Å². The minimum Gasteiger partial charge on any atom is -0.497 e. The van der Waals surface area contributed by atoms with Crippen molar-refractivity contribution in [2.75, 3.05) is 12.4 Å². The average molecular weight is 283 g/mol. The van der Waals surface area contributed by atoms with E-state index in [-0.39, 0.29) is 0 Å². The molecule has 20 heavy (non-hydrogen) atoms. The van der Waals surface area contributed by atoms with Crippen LogP contribution in [0.5, 0.6) is 5.75 Å². The number of rotatable bonds is 3. The molecule has 1 heterocycles. The molecule has 0 bridgehead atoms. The first-order chi connectivity index (χ1) is 9.76. The van der Waals surface area contributed by atoms with Crippen molar-refractivity contribution in [1.82, 2.24) is 9.97 Å². The third-order valence-corrected chi connectivity index (χ3v) is 3.31. The molecule has 0 aliphatic carbocycles. The molecule has 1 aromatic heterocycles. The maximum Gasteiger partial charge on any atom is 0.206 e. The van der Waals surface area contributed by atoms with Crippen molar-refractivity contribution in [2.24, 2.45) is 0 Å². The lowest BCUT2D eigenvalue weighted by Gasteiger charge is -2.06. The van der Waals surface area contributed by atoms with Crippen LogP contribution >= 0.6 is 12.2 Å². The van der Waals surface area contributed by atoms with E-state index >= 15 is 0 Å². The Labute approximate surface area is 121 Å². The molecule has 0 fully saturated rings. The quantitative estimate of drug-likeness (QED) is 0.724. The Balaban J connectivity index is 1.80. The fourth-order valence-corrected chi connectivity index (χ4v) is 2.17. The second-order valence-electron chi connectivity index (χ2n) is 4.29. The molecule has 2 N–H and O–H groups in total. The van der Waals surface area contributed by atoms with Gasteiger partial charge in [-0.1, -0.05) is 24.4 Å². The van der Waals surface area contributed by atoms with Gasteiger partial charge in [0, 0.05) is 5.56 Å². The molecule has 0 spiro atoms. The van der Waals surface area contributed by atoms with Gasteiger partial charge in [-0.3, -0.25) is 0 Å². The Kier molecular flexibility index (Phi) is 3.35. The van der Waals surface area contributed by atoms with E-state index in [0.29, 0.717) is 10.9 Å². The lowest BCUT2D eigenvalue weighted by molar-refractivity contribution is 0.415. The first-order valence-corrected chi connectivity index (χ1v) is 6.57. The monoisotopic (exact) mass is 283 g/mol. The number of para-hydroxylation sites is 2. The first kappa shape index (κ1) is 12.6. The summed E-state index contributed by atoms with van der Waals surface area (Å²) in [5.74, 6) is 1.45. The molecule has 0 saturated carbocycles. The number of anilines is 1. The number of nitrogens with zero attached hydrogens (tertiary/aromatic N) is 1. The van der Waals surface area contributed by atoms with Crippen LogP contribution in [0.3, 0.4) is 0 Å². The highest BCUT2D eigenvalue weighted by molar-refractivity contribution is 7.81. The molecular weight excluding hydrogens is 270 g/mol. The summed E-state index contributed by atoms with van der Waals surface area (Å²) in [5.41, 5.74) is 2.81. The van der Waals surface area contributed by atoms with Gasteiger partial charge in [-0.05, 0) is 36.4 Å². The number of imidazole rings is 1. The second-order valence-corrected chi connectivity index (χ2v) is 4.69. The number of thiocarbonyl (C=S) groups is 1. The maximum absolute atomic E-state index is 5.37. The molecule has 4 nitrogen and oxygen atoms in total. The predicted molar refractivity (Wildman–Crippen MR) is 84.4 cm³/mol. The van der Waals surface area contributed by atoms with Gasteiger partial charge in [0.2, 0.25) is 5.95 Å². The van der Waals surface area contributed by atoms with Crippen LogP contribution in [-0.2, 0) is 0 Å². The van der Waals surface area contributed by atoms with Crippen LogP contribution in [0.4, 0.5) is 5.95 Å². The third-order valence-electron chi connectivity index (χ3n) is 2.97. The van der Waals surface area contributed by atoms with Gasteiger partial charge in [0.05, 0.1) is 18.1 Å². The van der Waals surface area contributed by atoms with Crippen molar-refractivity contribution in [3.8, 4) is 5.75 Å². The summed E-state index contributed by atoms with van der Waals surface area (Å²) in [4.78, 5) is 8.23. The second kappa shape index (κ2) is 5.30. The molecule has 0 saturated heterocycles. The number of fused-ring (bicyclic) bond motifs is 1. The van der Waals surface area contributed by atoms with Crippen LogP contribution in [-0.4, -0.2) is 22.1 Å². The number of ether oxygens (including phenoxy) is 1. The van der Waals surface area contributed by atoms with E-state index in [1.165, 1.54) is 0 Å². The predicted octanol–water partition coefficient (Wildman–Crippen LogP) is 3.36. The highest BCUT2D eigenvalue weighted by atomic mass is 32.1. The molecule has 5 heteroatoms. The van der Waals surface area contributed by atoms with Gasteiger partial charge in [-0.15, -0.1) is 0 Å². The molecule has 0 atom stereocenters. The Hall–Kier alpha value is -2.40. The number of H-pyrrole nitrogens is 1. The number of aromatic nitrogens is 2. The zero-order valence-electron chi connectivity index (χ0n) is 10.9. The third kappa shape index (κ3) is 2.48. The van der Waals surface area contributed by atoms with E-state index in [4.69, 9.17) is 17.0 Å². The van der Waals surface area contributed by atoms with Crippen LogP contribution in [0.15, 0.2) is 48.5 Å². The molecular formula is C15H13N3OS. The number of hydrogen-bond donors (Lipinski definition) is 2. The van der Waals surface area contributed by atoms with E-state index in [0.717, 1.165) is 22.3 Å². The number of hydrogen-bond acceptors (Lipinski definition) is 3. The smallest absolute Gasteiger partial charge is 0.206 e. The summed E-state index contributed by atoms with van der Waals surface area (Å²) in [6, 6.07) is 15.4. The molecule has 100 valence electrons. The van der Waals surface area contributed by atoms with Crippen LogP contribution in [0, 0.1) is 0 Å². The lowest BCUT2D eigenvalue weighted by atomic mass is 10.2. The standard InChI is InChI=1S/C15H13N3OS/c1-19-11-8-6-10(7-9-11)14(20)18-15-16-12-4-2-3-5-13(12)17-15/h2-9H,1H3,(H2,16,17,18,20). The molecule has 2 aromatic carbocycles. The molecule has 0 unspecified atom stereocenters. The van der Waals surface area contributed by atoms with Crippen LogP contribution in [0.25, 0.3) is 11.0 Å². The zero-order chi connectivity index (χ0) is 13.9. The summed E-state index contributed by atoms with van der Waals surface area (Å²) < 4.78 is 5.12. The van der Waals surface area contributed by atoms with E-state index < -0.39 is 0 Å². The Morgan fingerprint density at radius 1 is 1.15 bits per heavy atom. The zero-order valence-corrected chi connectivity index (χ0v) is 11.7. The van der Waals surface area contributed by atoms with E-state index in [1.807, 2.05) is 48.5 Å². The summed E-state index contributed by atoms with van der Waals surface area (Å²) >= 11 is 5.37. The maximum atomic E-state index is 5.37. The van der Waals surface area contributed by atoms with Crippen LogP contribution in [0.2, 0.25) is 0 Å². The van der Waals surface area contributed by atoms with E-state index in [2.05, 4.69) is 15.3 Å². The molecule has 0 aliphatic rings. The number of benzene rings is 2. The van der Waals surface area contributed by atoms with Gasteiger partial charge in [-0.25, -0.2) is 4.98 Å². The molecule has 3 rings (SSSR count). The SMILES string of the molecule is COc1ccc(C(=S)Nc2nc3ccccc3[nH]2)cc1. The minimum atomic E-state index is 0.617. The van der Waals surface area contributed by atoms with Gasteiger partial charge in [-0.2, -0.15) is 0 Å². The molecule has 0 radical (unpaired) electrons. The van der Waals surface area contributed by atoms with Gasteiger partial charge < -0.3 is 15.0 Å². The number of aromatic amines is 1. The minimum absolute atomic E-state index is 0.617.